The Bertz CT molecular complexity index is 276. The van der Waals surface area contributed by atoms with E-state index in [1.54, 1.807) is 0 Å². The third kappa shape index (κ3) is 3.68. The number of likely N-dealkylation sites (tertiary alicyclic amines) is 1. The predicted molar refractivity (Wildman–Crippen MR) is 68.9 cm³/mol. The average Bonchev–Trinajstić information content (AvgIpc) is 2.94. The number of rotatable bonds is 5. The molecule has 2 rings (SSSR count). The van der Waals surface area contributed by atoms with Crippen molar-refractivity contribution in [2.75, 3.05) is 13.1 Å². The van der Waals surface area contributed by atoms with Crippen LogP contribution in [0.15, 0.2) is 0 Å². The molecule has 2 N–H and O–H groups in total. The summed E-state index contributed by atoms with van der Waals surface area (Å²) >= 11 is 0. The molecule has 1 amide bonds. The van der Waals surface area contributed by atoms with Gasteiger partial charge in [-0.2, -0.15) is 0 Å². The van der Waals surface area contributed by atoms with Crippen molar-refractivity contribution < 1.29 is 4.79 Å². The molecule has 4 nitrogen and oxygen atoms in total. The van der Waals surface area contributed by atoms with Crippen molar-refractivity contribution in [3.63, 3.8) is 0 Å². The first-order valence-electron chi connectivity index (χ1n) is 6.86. The van der Waals surface area contributed by atoms with Crippen LogP contribution in [0, 0.1) is 0 Å². The van der Waals surface area contributed by atoms with Crippen molar-refractivity contribution in [1.29, 1.82) is 0 Å². The van der Waals surface area contributed by atoms with Gasteiger partial charge < -0.3 is 10.6 Å². The standard InChI is InChI=1S/C13H25N3O/c1-9(2)16-7-6-12(8-16)14-10(3)13(17)15-11-4-5-11/h9-12,14H,4-8H2,1-3H3,(H,15,17). The lowest BCUT2D eigenvalue weighted by atomic mass is 10.2. The SMILES string of the molecule is CC(NC1CCN(C(C)C)C1)C(=O)NC1CC1. The maximum atomic E-state index is 11.8. The molecule has 1 aliphatic carbocycles. The van der Waals surface area contributed by atoms with Crippen LogP contribution in [0.1, 0.15) is 40.0 Å². The monoisotopic (exact) mass is 239 g/mol. The molecule has 0 aromatic rings. The van der Waals surface area contributed by atoms with Gasteiger partial charge in [-0.15, -0.1) is 0 Å². The molecule has 1 saturated carbocycles. The third-order valence-corrected chi connectivity index (χ3v) is 3.75. The molecule has 17 heavy (non-hydrogen) atoms. The Morgan fingerprint density at radius 2 is 1.88 bits per heavy atom. The van der Waals surface area contributed by atoms with E-state index in [1.807, 2.05) is 6.92 Å². The first-order chi connectivity index (χ1) is 8.06. The molecule has 98 valence electrons. The van der Waals surface area contributed by atoms with Gasteiger partial charge in [0.25, 0.3) is 0 Å². The summed E-state index contributed by atoms with van der Waals surface area (Å²) in [6, 6.07) is 1.48. The number of carbonyl (C=O) groups is 1. The summed E-state index contributed by atoms with van der Waals surface area (Å²) in [5.74, 6) is 0.162. The lowest BCUT2D eigenvalue weighted by molar-refractivity contribution is -0.123. The Labute approximate surface area is 104 Å². The first-order valence-corrected chi connectivity index (χ1v) is 6.86. The van der Waals surface area contributed by atoms with Crippen LogP contribution in [0.2, 0.25) is 0 Å². The minimum Gasteiger partial charge on any atom is -0.352 e. The topological polar surface area (TPSA) is 44.4 Å². The van der Waals surface area contributed by atoms with Crippen LogP contribution >= 0.6 is 0 Å². The van der Waals surface area contributed by atoms with Crippen LogP contribution in [0.4, 0.5) is 0 Å². The average molecular weight is 239 g/mol. The Balaban J connectivity index is 1.71. The Hall–Kier alpha value is -0.610. The molecule has 2 aliphatic rings. The van der Waals surface area contributed by atoms with Gasteiger partial charge in [-0.05, 0) is 46.6 Å². The van der Waals surface area contributed by atoms with Crippen LogP contribution in [-0.4, -0.2) is 48.1 Å². The smallest absolute Gasteiger partial charge is 0.237 e. The van der Waals surface area contributed by atoms with E-state index < -0.39 is 0 Å². The summed E-state index contributed by atoms with van der Waals surface area (Å²) < 4.78 is 0. The molecule has 4 heteroatoms. The van der Waals surface area contributed by atoms with Crippen LogP contribution < -0.4 is 10.6 Å². The van der Waals surface area contributed by atoms with Crippen LogP contribution in [-0.2, 0) is 4.79 Å². The highest BCUT2D eigenvalue weighted by atomic mass is 16.2. The van der Waals surface area contributed by atoms with Crippen molar-refractivity contribution in [3.8, 4) is 0 Å². The fraction of sp³-hybridized carbons (Fsp3) is 0.923. The zero-order valence-corrected chi connectivity index (χ0v) is 11.2. The quantitative estimate of drug-likeness (QED) is 0.743. The third-order valence-electron chi connectivity index (χ3n) is 3.75. The van der Waals surface area contributed by atoms with Gasteiger partial charge in [0.05, 0.1) is 6.04 Å². The number of nitrogens with one attached hydrogen (secondary N) is 2. The molecule has 1 aliphatic heterocycles. The number of hydrogen-bond donors (Lipinski definition) is 2. The fourth-order valence-electron chi connectivity index (χ4n) is 2.38. The van der Waals surface area contributed by atoms with E-state index in [0.717, 1.165) is 32.4 Å². The molecule has 2 fully saturated rings. The van der Waals surface area contributed by atoms with Gasteiger partial charge in [-0.3, -0.25) is 9.69 Å². The maximum Gasteiger partial charge on any atom is 0.237 e. The van der Waals surface area contributed by atoms with Crippen LogP contribution in [0.3, 0.4) is 0 Å². The van der Waals surface area contributed by atoms with Gasteiger partial charge in [0.2, 0.25) is 5.91 Å². The largest absolute Gasteiger partial charge is 0.352 e. The highest BCUT2D eigenvalue weighted by Crippen LogP contribution is 2.19. The summed E-state index contributed by atoms with van der Waals surface area (Å²) in [7, 11) is 0. The molecule has 0 radical (unpaired) electrons. The van der Waals surface area contributed by atoms with E-state index in [-0.39, 0.29) is 11.9 Å². The Morgan fingerprint density at radius 3 is 2.41 bits per heavy atom. The maximum absolute atomic E-state index is 11.8. The second kappa shape index (κ2) is 5.36. The summed E-state index contributed by atoms with van der Waals surface area (Å²) in [5, 5.41) is 6.49. The summed E-state index contributed by atoms with van der Waals surface area (Å²) in [6.45, 7) is 8.64. The highest BCUT2D eigenvalue weighted by Gasteiger charge is 2.29. The molecular weight excluding hydrogens is 214 g/mol. The number of amides is 1. The van der Waals surface area contributed by atoms with Crippen molar-refractivity contribution in [3.05, 3.63) is 0 Å². The van der Waals surface area contributed by atoms with E-state index in [4.69, 9.17) is 0 Å². The van der Waals surface area contributed by atoms with Crippen molar-refractivity contribution in [2.24, 2.45) is 0 Å². The van der Waals surface area contributed by atoms with Gasteiger partial charge >= 0.3 is 0 Å². The van der Waals surface area contributed by atoms with Crippen molar-refractivity contribution in [1.82, 2.24) is 15.5 Å². The molecule has 0 spiro atoms. The van der Waals surface area contributed by atoms with Crippen molar-refractivity contribution in [2.45, 2.75) is 64.2 Å². The summed E-state index contributed by atoms with van der Waals surface area (Å²) in [4.78, 5) is 14.3. The normalized spacial score (nSPS) is 27.4. The lowest BCUT2D eigenvalue weighted by Gasteiger charge is -2.22. The molecule has 2 atom stereocenters. The van der Waals surface area contributed by atoms with Gasteiger partial charge in [0.1, 0.15) is 0 Å². The second-order valence-corrected chi connectivity index (χ2v) is 5.75. The van der Waals surface area contributed by atoms with Gasteiger partial charge in [0.15, 0.2) is 0 Å². The van der Waals surface area contributed by atoms with Gasteiger partial charge in [0, 0.05) is 24.7 Å². The van der Waals surface area contributed by atoms with Gasteiger partial charge in [-0.25, -0.2) is 0 Å². The number of nitrogens with zero attached hydrogens (tertiary/aromatic N) is 1. The molecule has 0 aromatic carbocycles. The molecule has 1 saturated heterocycles. The molecule has 0 bridgehead atoms. The lowest BCUT2D eigenvalue weighted by Crippen LogP contribution is -2.48. The van der Waals surface area contributed by atoms with Crippen LogP contribution in [0.5, 0.6) is 0 Å². The highest BCUT2D eigenvalue weighted by molar-refractivity contribution is 5.81. The molecular formula is C13H25N3O. The summed E-state index contributed by atoms with van der Waals surface area (Å²) in [5.41, 5.74) is 0. The zero-order chi connectivity index (χ0) is 12.4. The molecule has 1 heterocycles. The molecule has 2 unspecified atom stereocenters. The van der Waals surface area contributed by atoms with E-state index in [2.05, 4.69) is 29.4 Å². The minimum absolute atomic E-state index is 0.0623. The first kappa shape index (κ1) is 12.8. The second-order valence-electron chi connectivity index (χ2n) is 5.75. The Kier molecular flexibility index (Phi) is 4.05. The fourth-order valence-corrected chi connectivity index (χ4v) is 2.38. The van der Waals surface area contributed by atoms with E-state index in [9.17, 15) is 4.79 Å². The van der Waals surface area contributed by atoms with Crippen molar-refractivity contribution >= 4 is 5.91 Å². The minimum atomic E-state index is -0.0623. The van der Waals surface area contributed by atoms with Crippen LogP contribution in [0.25, 0.3) is 0 Å². The van der Waals surface area contributed by atoms with Gasteiger partial charge in [-0.1, -0.05) is 0 Å². The zero-order valence-electron chi connectivity index (χ0n) is 11.2. The molecule has 0 aromatic heterocycles. The van der Waals surface area contributed by atoms with E-state index in [1.165, 1.54) is 0 Å². The van der Waals surface area contributed by atoms with E-state index in [0.29, 0.717) is 18.1 Å². The summed E-state index contributed by atoms with van der Waals surface area (Å²) in [6.07, 6.45) is 3.46. The predicted octanol–water partition coefficient (Wildman–Crippen LogP) is 0.726. The van der Waals surface area contributed by atoms with E-state index >= 15 is 0 Å². The Morgan fingerprint density at radius 1 is 1.18 bits per heavy atom. The number of carbonyl (C=O) groups excluding carboxylic acids is 1. The number of hydrogen-bond acceptors (Lipinski definition) is 3.